The number of sulfonamides is 1. The van der Waals surface area contributed by atoms with Gasteiger partial charge in [0.05, 0.1) is 12.3 Å². The molecule has 20 heavy (non-hydrogen) atoms. The van der Waals surface area contributed by atoms with Crippen LogP contribution in [-0.2, 0) is 14.8 Å². The van der Waals surface area contributed by atoms with Crippen molar-refractivity contribution in [1.29, 1.82) is 0 Å². The molecule has 1 atom stereocenters. The predicted molar refractivity (Wildman–Crippen MR) is 76.3 cm³/mol. The van der Waals surface area contributed by atoms with E-state index in [9.17, 15) is 12.8 Å². The van der Waals surface area contributed by atoms with Crippen LogP contribution in [0.4, 0.5) is 10.1 Å². The summed E-state index contributed by atoms with van der Waals surface area (Å²) in [6.07, 6.45) is 0. The number of nitrogen functional groups attached to an aromatic ring is 1. The lowest BCUT2D eigenvalue weighted by molar-refractivity contribution is 0.116. The van der Waals surface area contributed by atoms with E-state index in [1.165, 1.54) is 12.1 Å². The van der Waals surface area contributed by atoms with Crippen molar-refractivity contribution in [3.05, 3.63) is 24.0 Å². The first-order chi connectivity index (χ1) is 9.29. The minimum atomic E-state index is -4.03. The number of hydrogen-bond acceptors (Lipinski definition) is 4. The molecule has 0 fully saturated rings. The zero-order valence-corrected chi connectivity index (χ0v) is 12.7. The Morgan fingerprint density at radius 1 is 1.40 bits per heavy atom. The zero-order chi connectivity index (χ0) is 15.3. The average Bonchev–Trinajstić information content (AvgIpc) is 2.33. The Bertz CT molecular complexity index is 526. The third-order valence-electron chi connectivity index (χ3n) is 2.88. The quantitative estimate of drug-likeness (QED) is 0.752. The van der Waals surface area contributed by atoms with Crippen LogP contribution in [0.1, 0.15) is 20.8 Å². The molecule has 5 nitrogen and oxygen atoms in total. The van der Waals surface area contributed by atoms with Crippen LogP contribution in [-0.4, -0.2) is 27.7 Å². The van der Waals surface area contributed by atoms with Gasteiger partial charge < -0.3 is 10.5 Å². The Labute approximate surface area is 119 Å². The van der Waals surface area contributed by atoms with E-state index in [0.29, 0.717) is 6.61 Å². The number of hydrogen-bond donors (Lipinski definition) is 2. The Morgan fingerprint density at radius 3 is 2.55 bits per heavy atom. The van der Waals surface area contributed by atoms with Gasteiger partial charge in [-0.05, 0) is 25.0 Å². The number of rotatable bonds is 7. The van der Waals surface area contributed by atoms with Crippen LogP contribution in [0.3, 0.4) is 0 Å². The van der Waals surface area contributed by atoms with Gasteiger partial charge in [-0.25, -0.2) is 17.5 Å². The van der Waals surface area contributed by atoms with Crippen molar-refractivity contribution in [2.24, 2.45) is 5.92 Å². The van der Waals surface area contributed by atoms with Crippen molar-refractivity contribution in [3.8, 4) is 0 Å². The molecule has 114 valence electrons. The number of nitrogens with two attached hydrogens (primary N) is 1. The number of halogens is 1. The molecule has 3 N–H and O–H groups in total. The number of anilines is 1. The third kappa shape index (κ3) is 4.16. The molecule has 1 rings (SSSR count). The maximum atomic E-state index is 13.7. The van der Waals surface area contributed by atoms with Gasteiger partial charge in [-0.2, -0.15) is 0 Å². The fourth-order valence-electron chi connectivity index (χ4n) is 1.67. The highest BCUT2D eigenvalue weighted by Crippen LogP contribution is 2.22. The van der Waals surface area contributed by atoms with E-state index in [4.69, 9.17) is 10.5 Å². The summed E-state index contributed by atoms with van der Waals surface area (Å²) < 4.78 is 45.9. The first kappa shape index (κ1) is 16.9. The summed E-state index contributed by atoms with van der Waals surface area (Å²) in [4.78, 5) is -0.512. The molecular formula is C13H21FN2O3S. The molecule has 0 aliphatic carbocycles. The molecule has 7 heteroatoms. The van der Waals surface area contributed by atoms with Crippen LogP contribution in [0.5, 0.6) is 0 Å². The highest BCUT2D eigenvalue weighted by atomic mass is 32.2. The zero-order valence-electron chi connectivity index (χ0n) is 11.9. The largest absolute Gasteiger partial charge is 0.398 e. The topological polar surface area (TPSA) is 81.4 Å². The summed E-state index contributed by atoms with van der Waals surface area (Å²) in [5.41, 5.74) is 5.45. The highest BCUT2D eigenvalue weighted by molar-refractivity contribution is 7.89. The van der Waals surface area contributed by atoms with Gasteiger partial charge in [0.1, 0.15) is 10.7 Å². The molecule has 0 aliphatic rings. The van der Waals surface area contributed by atoms with Crippen molar-refractivity contribution >= 4 is 15.7 Å². The molecule has 0 radical (unpaired) electrons. The van der Waals surface area contributed by atoms with Gasteiger partial charge in [0, 0.05) is 12.6 Å². The van der Waals surface area contributed by atoms with E-state index in [-0.39, 0.29) is 18.2 Å². The van der Waals surface area contributed by atoms with Gasteiger partial charge in [0.2, 0.25) is 10.0 Å². The number of benzene rings is 1. The van der Waals surface area contributed by atoms with Gasteiger partial charge in [0.25, 0.3) is 0 Å². The summed E-state index contributed by atoms with van der Waals surface area (Å²) in [5, 5.41) is 0. The molecule has 0 bridgehead atoms. The Morgan fingerprint density at radius 2 is 2.05 bits per heavy atom. The van der Waals surface area contributed by atoms with Crippen LogP contribution in [0.2, 0.25) is 0 Å². The fourth-order valence-corrected chi connectivity index (χ4v) is 3.23. The monoisotopic (exact) mass is 304 g/mol. The number of nitrogens with one attached hydrogen (secondary N) is 1. The van der Waals surface area contributed by atoms with Gasteiger partial charge in [-0.3, -0.25) is 0 Å². The average molecular weight is 304 g/mol. The van der Waals surface area contributed by atoms with Crippen molar-refractivity contribution in [3.63, 3.8) is 0 Å². The molecule has 0 aliphatic heterocycles. The Hall–Kier alpha value is -1.18. The van der Waals surface area contributed by atoms with E-state index in [0.717, 1.165) is 6.07 Å². The van der Waals surface area contributed by atoms with Gasteiger partial charge in [-0.1, -0.05) is 19.9 Å². The lowest BCUT2D eigenvalue weighted by atomic mass is 10.1. The van der Waals surface area contributed by atoms with Crippen LogP contribution in [0.25, 0.3) is 0 Å². The molecule has 0 heterocycles. The Balaban J connectivity index is 3.04. The minimum absolute atomic E-state index is 0.00400. The van der Waals surface area contributed by atoms with Crippen molar-refractivity contribution in [1.82, 2.24) is 4.72 Å². The predicted octanol–water partition coefficient (Wildman–Crippen LogP) is 1.75. The van der Waals surface area contributed by atoms with Gasteiger partial charge >= 0.3 is 0 Å². The smallest absolute Gasteiger partial charge is 0.245 e. The SMILES string of the molecule is CCOCC(NS(=O)(=O)c1c(N)cccc1F)C(C)C. The van der Waals surface area contributed by atoms with Crippen LogP contribution in [0.15, 0.2) is 23.1 Å². The summed E-state index contributed by atoms with van der Waals surface area (Å²) in [5.74, 6) is -0.860. The van der Waals surface area contributed by atoms with Gasteiger partial charge in [0.15, 0.2) is 0 Å². The summed E-state index contributed by atoms with van der Waals surface area (Å²) >= 11 is 0. The standard InChI is InChI=1S/C13H21FN2O3S/c1-4-19-8-12(9(2)3)16-20(17,18)13-10(14)6-5-7-11(13)15/h5-7,9,12,16H,4,8,15H2,1-3H3. The van der Waals surface area contributed by atoms with E-state index in [2.05, 4.69) is 4.72 Å². The lowest BCUT2D eigenvalue weighted by Crippen LogP contribution is -2.42. The molecule has 0 saturated heterocycles. The normalized spacial score (nSPS) is 13.7. The molecule has 1 aromatic rings. The molecule has 0 amide bonds. The second-order valence-corrected chi connectivity index (χ2v) is 6.44. The summed E-state index contributed by atoms with van der Waals surface area (Å²) in [7, 11) is -4.03. The molecule has 0 spiro atoms. The van der Waals surface area contributed by atoms with Crippen molar-refractivity contribution in [2.75, 3.05) is 18.9 Å². The maximum Gasteiger partial charge on any atom is 0.245 e. The molecule has 0 saturated carbocycles. The van der Waals surface area contributed by atoms with Crippen LogP contribution in [0, 0.1) is 11.7 Å². The van der Waals surface area contributed by atoms with Crippen LogP contribution < -0.4 is 10.5 Å². The van der Waals surface area contributed by atoms with E-state index < -0.39 is 26.8 Å². The first-order valence-corrected chi connectivity index (χ1v) is 7.92. The minimum Gasteiger partial charge on any atom is -0.398 e. The third-order valence-corrected chi connectivity index (χ3v) is 4.46. The van der Waals surface area contributed by atoms with E-state index in [1.54, 1.807) is 0 Å². The second-order valence-electron chi connectivity index (χ2n) is 4.79. The fraction of sp³-hybridized carbons (Fsp3) is 0.538. The Kier molecular flexibility index (Phi) is 5.91. The van der Waals surface area contributed by atoms with Crippen molar-refractivity contribution in [2.45, 2.75) is 31.7 Å². The molecular weight excluding hydrogens is 283 g/mol. The molecule has 0 aromatic heterocycles. The molecule has 1 unspecified atom stereocenters. The first-order valence-electron chi connectivity index (χ1n) is 6.43. The second kappa shape index (κ2) is 7.01. The lowest BCUT2D eigenvalue weighted by Gasteiger charge is -2.22. The maximum absolute atomic E-state index is 13.7. The van der Waals surface area contributed by atoms with Crippen molar-refractivity contribution < 1.29 is 17.5 Å². The molecule has 1 aromatic carbocycles. The summed E-state index contributed by atoms with van der Waals surface area (Å²) in [6, 6.07) is 3.34. The summed E-state index contributed by atoms with van der Waals surface area (Å²) in [6.45, 7) is 6.24. The van der Waals surface area contributed by atoms with Gasteiger partial charge in [-0.15, -0.1) is 0 Å². The van der Waals surface area contributed by atoms with Crippen LogP contribution >= 0.6 is 0 Å². The number of ether oxygens (including phenoxy) is 1. The van der Waals surface area contributed by atoms with E-state index in [1.807, 2.05) is 20.8 Å². The highest BCUT2D eigenvalue weighted by Gasteiger charge is 2.27. The van der Waals surface area contributed by atoms with E-state index >= 15 is 0 Å².